The Morgan fingerprint density at radius 1 is 1.28 bits per heavy atom. The van der Waals surface area contributed by atoms with Gasteiger partial charge in [-0.1, -0.05) is 6.07 Å². The Hall–Kier alpha value is -1.52. The number of aromatic amines is 1. The van der Waals surface area contributed by atoms with Gasteiger partial charge in [-0.25, -0.2) is 0 Å². The molecule has 4 nitrogen and oxygen atoms in total. The van der Waals surface area contributed by atoms with Gasteiger partial charge in [-0.3, -0.25) is 4.90 Å². The average Bonchev–Trinajstić information content (AvgIpc) is 2.82. The number of fused-ring (bicyclic) bond motifs is 1. The topological polar surface area (TPSA) is 48.5 Å². The number of H-pyrrole nitrogens is 1. The summed E-state index contributed by atoms with van der Waals surface area (Å²) in [5.74, 6) is 0.366. The van der Waals surface area contributed by atoms with E-state index in [0.717, 1.165) is 50.2 Å². The Morgan fingerprint density at radius 3 is 2.94 bits per heavy atom. The van der Waals surface area contributed by atoms with Crippen LogP contribution in [0.3, 0.4) is 0 Å². The normalized spacial score (nSPS) is 17.3. The molecule has 0 unspecified atom stereocenters. The number of aromatic nitrogens is 1. The number of nitrogens with zero attached hydrogens (tertiary/aromatic N) is 1. The Kier molecular flexibility index (Phi) is 3.21. The van der Waals surface area contributed by atoms with Crippen molar-refractivity contribution >= 4 is 10.9 Å². The zero-order chi connectivity index (χ0) is 12.4. The highest BCUT2D eigenvalue weighted by Gasteiger charge is 2.12. The summed E-state index contributed by atoms with van der Waals surface area (Å²) >= 11 is 0. The van der Waals surface area contributed by atoms with Crippen molar-refractivity contribution in [2.24, 2.45) is 0 Å². The molecule has 0 amide bonds. The number of rotatable bonds is 3. The fourth-order valence-electron chi connectivity index (χ4n) is 2.54. The predicted octanol–water partition coefficient (Wildman–Crippen LogP) is 1.75. The SMILES string of the molecule is Oc1cccc2[nH]cc(CCN3CCOCC3)c12. The molecule has 1 saturated heterocycles. The second-order valence-corrected chi connectivity index (χ2v) is 4.72. The molecule has 4 heteroatoms. The van der Waals surface area contributed by atoms with E-state index in [1.165, 1.54) is 5.56 Å². The van der Waals surface area contributed by atoms with Crippen LogP contribution in [0.1, 0.15) is 5.56 Å². The molecule has 2 aromatic rings. The van der Waals surface area contributed by atoms with E-state index in [1.807, 2.05) is 18.3 Å². The third-order valence-corrected chi connectivity index (χ3v) is 3.57. The van der Waals surface area contributed by atoms with E-state index in [9.17, 15) is 5.11 Å². The summed E-state index contributed by atoms with van der Waals surface area (Å²) in [7, 11) is 0. The minimum atomic E-state index is 0.366. The minimum Gasteiger partial charge on any atom is -0.507 e. The number of hydrogen-bond acceptors (Lipinski definition) is 3. The molecule has 18 heavy (non-hydrogen) atoms. The van der Waals surface area contributed by atoms with Crippen molar-refractivity contribution in [3.63, 3.8) is 0 Å². The van der Waals surface area contributed by atoms with Gasteiger partial charge in [0.25, 0.3) is 0 Å². The molecule has 3 rings (SSSR count). The first-order valence-electron chi connectivity index (χ1n) is 6.42. The largest absolute Gasteiger partial charge is 0.507 e. The number of phenolic OH excluding ortho intramolecular Hbond substituents is 1. The second kappa shape index (κ2) is 5.00. The van der Waals surface area contributed by atoms with Crippen molar-refractivity contribution in [3.8, 4) is 5.75 Å². The van der Waals surface area contributed by atoms with Gasteiger partial charge in [0.05, 0.1) is 13.2 Å². The van der Waals surface area contributed by atoms with Crippen molar-refractivity contribution in [2.75, 3.05) is 32.8 Å². The first-order valence-corrected chi connectivity index (χ1v) is 6.42. The first-order chi connectivity index (χ1) is 8.84. The molecule has 0 aliphatic carbocycles. The molecular weight excluding hydrogens is 228 g/mol. The van der Waals surface area contributed by atoms with E-state index in [-0.39, 0.29) is 0 Å². The van der Waals surface area contributed by atoms with E-state index in [0.29, 0.717) is 5.75 Å². The van der Waals surface area contributed by atoms with E-state index in [2.05, 4.69) is 9.88 Å². The monoisotopic (exact) mass is 246 g/mol. The molecular formula is C14H18N2O2. The van der Waals surface area contributed by atoms with Gasteiger partial charge in [-0.05, 0) is 24.1 Å². The highest BCUT2D eigenvalue weighted by Crippen LogP contribution is 2.27. The van der Waals surface area contributed by atoms with Crippen LogP contribution in [0.4, 0.5) is 0 Å². The summed E-state index contributed by atoms with van der Waals surface area (Å²) in [5, 5.41) is 10.9. The van der Waals surface area contributed by atoms with Crippen LogP contribution in [0.15, 0.2) is 24.4 Å². The molecule has 0 spiro atoms. The lowest BCUT2D eigenvalue weighted by Gasteiger charge is -2.26. The number of morpholine rings is 1. The van der Waals surface area contributed by atoms with Gasteiger partial charge in [0, 0.05) is 36.7 Å². The van der Waals surface area contributed by atoms with Crippen LogP contribution in [0.2, 0.25) is 0 Å². The zero-order valence-corrected chi connectivity index (χ0v) is 10.4. The van der Waals surface area contributed by atoms with Crippen LogP contribution in [0.5, 0.6) is 5.75 Å². The van der Waals surface area contributed by atoms with E-state index < -0.39 is 0 Å². The van der Waals surface area contributed by atoms with Crippen LogP contribution >= 0.6 is 0 Å². The summed E-state index contributed by atoms with van der Waals surface area (Å²) in [6, 6.07) is 5.60. The molecule has 1 fully saturated rings. The van der Waals surface area contributed by atoms with Crippen molar-refractivity contribution < 1.29 is 9.84 Å². The summed E-state index contributed by atoms with van der Waals surface area (Å²) < 4.78 is 5.34. The molecule has 0 saturated carbocycles. The quantitative estimate of drug-likeness (QED) is 0.867. The molecule has 2 heterocycles. The fraction of sp³-hybridized carbons (Fsp3) is 0.429. The number of aromatic hydroxyl groups is 1. The molecule has 1 aliphatic heterocycles. The molecule has 0 atom stereocenters. The maximum absolute atomic E-state index is 9.92. The molecule has 1 aromatic heterocycles. The zero-order valence-electron chi connectivity index (χ0n) is 10.4. The molecule has 1 aromatic carbocycles. The molecule has 2 N–H and O–H groups in total. The average molecular weight is 246 g/mol. The number of ether oxygens (including phenoxy) is 1. The predicted molar refractivity (Wildman–Crippen MR) is 70.9 cm³/mol. The first kappa shape index (κ1) is 11.6. The van der Waals surface area contributed by atoms with Gasteiger partial charge >= 0.3 is 0 Å². The van der Waals surface area contributed by atoms with Crippen LogP contribution in [-0.4, -0.2) is 47.8 Å². The van der Waals surface area contributed by atoms with Crippen molar-refractivity contribution in [1.29, 1.82) is 0 Å². The number of hydrogen-bond donors (Lipinski definition) is 2. The van der Waals surface area contributed by atoms with Crippen LogP contribution in [0.25, 0.3) is 10.9 Å². The third kappa shape index (κ3) is 2.21. The van der Waals surface area contributed by atoms with Crippen LogP contribution < -0.4 is 0 Å². The van der Waals surface area contributed by atoms with Crippen LogP contribution in [0, 0.1) is 0 Å². The number of benzene rings is 1. The van der Waals surface area contributed by atoms with Crippen molar-refractivity contribution in [3.05, 3.63) is 30.0 Å². The smallest absolute Gasteiger partial charge is 0.125 e. The van der Waals surface area contributed by atoms with Gasteiger partial charge in [-0.15, -0.1) is 0 Å². The number of nitrogens with one attached hydrogen (secondary N) is 1. The summed E-state index contributed by atoms with van der Waals surface area (Å²) in [5.41, 5.74) is 2.20. The summed E-state index contributed by atoms with van der Waals surface area (Å²) in [6.07, 6.45) is 2.96. The van der Waals surface area contributed by atoms with Crippen molar-refractivity contribution in [2.45, 2.75) is 6.42 Å². The molecule has 0 bridgehead atoms. The Morgan fingerprint density at radius 2 is 2.11 bits per heavy atom. The van der Waals surface area contributed by atoms with Gasteiger partial charge in [0.15, 0.2) is 0 Å². The minimum absolute atomic E-state index is 0.366. The van der Waals surface area contributed by atoms with Gasteiger partial charge in [0.1, 0.15) is 5.75 Å². The maximum Gasteiger partial charge on any atom is 0.125 e. The van der Waals surface area contributed by atoms with Crippen LogP contribution in [-0.2, 0) is 11.2 Å². The Bertz CT molecular complexity index is 530. The molecule has 0 radical (unpaired) electrons. The van der Waals surface area contributed by atoms with Crippen molar-refractivity contribution in [1.82, 2.24) is 9.88 Å². The van der Waals surface area contributed by atoms with E-state index >= 15 is 0 Å². The molecule has 96 valence electrons. The molecule has 1 aliphatic rings. The van der Waals surface area contributed by atoms with Gasteiger partial charge in [0.2, 0.25) is 0 Å². The fourth-order valence-corrected chi connectivity index (χ4v) is 2.54. The highest BCUT2D eigenvalue weighted by atomic mass is 16.5. The lowest BCUT2D eigenvalue weighted by Crippen LogP contribution is -2.37. The maximum atomic E-state index is 9.92. The second-order valence-electron chi connectivity index (χ2n) is 4.72. The van der Waals surface area contributed by atoms with E-state index in [4.69, 9.17) is 4.74 Å². The number of phenols is 1. The highest BCUT2D eigenvalue weighted by molar-refractivity contribution is 5.88. The standard InChI is InChI=1S/C14H18N2O2/c17-13-3-1-2-12-14(13)11(10-15-12)4-5-16-6-8-18-9-7-16/h1-3,10,15,17H,4-9H2. The Labute approximate surface area is 106 Å². The summed E-state index contributed by atoms with van der Waals surface area (Å²) in [4.78, 5) is 5.62. The van der Waals surface area contributed by atoms with Gasteiger partial charge in [-0.2, -0.15) is 0 Å². The lowest BCUT2D eigenvalue weighted by atomic mass is 10.1. The Balaban J connectivity index is 1.74. The summed E-state index contributed by atoms with van der Waals surface area (Å²) in [6.45, 7) is 4.70. The lowest BCUT2D eigenvalue weighted by molar-refractivity contribution is 0.0385. The third-order valence-electron chi connectivity index (χ3n) is 3.57. The van der Waals surface area contributed by atoms with Gasteiger partial charge < -0.3 is 14.8 Å². The van der Waals surface area contributed by atoms with E-state index in [1.54, 1.807) is 6.07 Å².